The van der Waals surface area contributed by atoms with E-state index in [9.17, 15) is 8.76 Å². The summed E-state index contributed by atoms with van der Waals surface area (Å²) in [6, 6.07) is -0.108. The van der Waals surface area contributed by atoms with Gasteiger partial charge in [-0.05, 0) is 28.8 Å². The minimum Gasteiger partial charge on any atom is -0.768 e. The van der Waals surface area contributed by atoms with Crippen LogP contribution >= 0.6 is 11.6 Å². The van der Waals surface area contributed by atoms with Crippen molar-refractivity contribution >= 4 is 28.9 Å². The van der Waals surface area contributed by atoms with Gasteiger partial charge in [-0.25, -0.2) is 0 Å². The Balaban J connectivity index is 2.40. The molecule has 74 valence electrons. The lowest BCUT2D eigenvalue weighted by atomic mass is 9.99. The average Bonchev–Trinajstić information content (AvgIpc) is 2.18. The molecule has 0 N–H and O–H groups in total. The third kappa shape index (κ3) is 1.73. The third-order valence-electron chi connectivity index (χ3n) is 2.10. The number of halogens is 1. The lowest BCUT2D eigenvalue weighted by molar-refractivity contribution is 0.544. The monoisotopic (exact) mass is 228 g/mol. The molecule has 2 rings (SSSR count). The Labute approximate surface area is 89.2 Å². The van der Waals surface area contributed by atoms with E-state index in [0.717, 1.165) is 5.57 Å². The molecule has 0 radical (unpaired) electrons. The number of fused-ring (bicyclic) bond motifs is 1. The number of aliphatic imine (C=N–C) groups is 1. The summed E-state index contributed by atoms with van der Waals surface area (Å²) >= 11 is 3.77. The molecular weight excluding hydrogens is 222 g/mol. The molecule has 0 saturated carbocycles. The van der Waals surface area contributed by atoms with Crippen molar-refractivity contribution < 1.29 is 8.76 Å². The summed E-state index contributed by atoms with van der Waals surface area (Å²) in [5.41, 5.74) is 0.788. The van der Waals surface area contributed by atoms with Crippen molar-refractivity contribution in [1.82, 2.24) is 0 Å². The Hall–Kier alpha value is -0.710. The van der Waals surface area contributed by atoms with E-state index in [0.29, 0.717) is 11.5 Å². The van der Waals surface area contributed by atoms with Gasteiger partial charge in [0.25, 0.3) is 0 Å². The minimum absolute atomic E-state index is 0.108. The quantitative estimate of drug-likeness (QED) is 0.641. The second kappa shape index (κ2) is 3.81. The second-order valence-corrected chi connectivity index (χ2v) is 4.38. The third-order valence-corrected chi connectivity index (χ3v) is 3.11. The molecule has 1 aliphatic heterocycles. The highest BCUT2D eigenvalue weighted by molar-refractivity contribution is 7.83. The van der Waals surface area contributed by atoms with Crippen molar-refractivity contribution in [2.75, 3.05) is 0 Å². The summed E-state index contributed by atoms with van der Waals surface area (Å²) in [4.78, 5) is 4.45. The number of hydrogen-bond donors (Lipinski definition) is 0. The van der Waals surface area contributed by atoms with Crippen LogP contribution in [0.3, 0.4) is 0 Å². The minimum atomic E-state index is -2.20. The highest BCUT2D eigenvalue weighted by Crippen LogP contribution is 2.29. The maximum absolute atomic E-state index is 10.7. The fourth-order valence-electron chi connectivity index (χ4n) is 1.41. The molecule has 0 amide bonds. The van der Waals surface area contributed by atoms with Gasteiger partial charge >= 0.3 is 0 Å². The van der Waals surface area contributed by atoms with Crippen molar-refractivity contribution in [3.63, 3.8) is 0 Å². The smallest absolute Gasteiger partial charge is 0.0941 e. The van der Waals surface area contributed by atoms with E-state index in [1.54, 1.807) is 24.4 Å². The van der Waals surface area contributed by atoms with E-state index < -0.39 is 11.1 Å². The van der Waals surface area contributed by atoms with Crippen LogP contribution in [-0.2, 0) is 11.1 Å². The first-order valence-corrected chi connectivity index (χ1v) is 5.53. The first kappa shape index (κ1) is 9.83. The van der Waals surface area contributed by atoms with Crippen LogP contribution < -0.4 is 0 Å². The summed E-state index contributed by atoms with van der Waals surface area (Å²) in [5.74, 6) is 0. The normalized spacial score (nSPS) is 27.3. The standard InChI is InChI=1S/C9H8ClNO2S/c10-8-3-4-11-9-2-1-6(14(12)13)5-7(8)9/h1-2,4-5,9H,3H2,(H,12,13)/p-1. The Morgan fingerprint density at radius 1 is 1.64 bits per heavy atom. The van der Waals surface area contributed by atoms with Crippen LogP contribution in [0.1, 0.15) is 6.42 Å². The average molecular weight is 229 g/mol. The zero-order chi connectivity index (χ0) is 10.1. The fourth-order valence-corrected chi connectivity index (χ4v) is 2.06. The Kier molecular flexibility index (Phi) is 2.67. The van der Waals surface area contributed by atoms with Crippen molar-refractivity contribution in [1.29, 1.82) is 0 Å². The summed E-state index contributed by atoms with van der Waals surface area (Å²) in [5, 5.41) is 0.664. The SMILES string of the molecule is O=S([O-])C1=CC2=C(Cl)CC=NC2C=C1. The molecule has 0 aromatic rings. The van der Waals surface area contributed by atoms with Gasteiger partial charge in [0.05, 0.1) is 6.04 Å². The van der Waals surface area contributed by atoms with Gasteiger partial charge in [0.2, 0.25) is 0 Å². The van der Waals surface area contributed by atoms with Crippen LogP contribution in [0.2, 0.25) is 0 Å². The lowest BCUT2D eigenvalue weighted by Gasteiger charge is -2.21. The number of hydrogen-bond acceptors (Lipinski definition) is 3. The molecule has 1 heterocycles. The number of nitrogens with zero attached hydrogens (tertiary/aromatic N) is 1. The van der Waals surface area contributed by atoms with Gasteiger partial charge < -0.3 is 4.55 Å². The first-order valence-electron chi connectivity index (χ1n) is 4.08. The predicted molar refractivity (Wildman–Crippen MR) is 55.9 cm³/mol. The number of rotatable bonds is 1. The van der Waals surface area contributed by atoms with E-state index in [-0.39, 0.29) is 10.9 Å². The number of allylic oxidation sites excluding steroid dienone is 2. The molecule has 0 spiro atoms. The summed E-state index contributed by atoms with van der Waals surface area (Å²) < 4.78 is 21.4. The molecule has 14 heavy (non-hydrogen) atoms. The van der Waals surface area contributed by atoms with E-state index in [4.69, 9.17) is 11.6 Å². The van der Waals surface area contributed by atoms with Gasteiger partial charge in [0.1, 0.15) is 0 Å². The first-order chi connectivity index (χ1) is 6.68. The zero-order valence-electron chi connectivity index (χ0n) is 7.14. The van der Waals surface area contributed by atoms with Gasteiger partial charge in [-0.2, -0.15) is 0 Å². The molecular formula is C9H7ClNO2S-. The van der Waals surface area contributed by atoms with Crippen molar-refractivity contribution in [3.8, 4) is 0 Å². The topological polar surface area (TPSA) is 52.5 Å². The maximum atomic E-state index is 10.7. The van der Waals surface area contributed by atoms with E-state index in [2.05, 4.69) is 4.99 Å². The van der Waals surface area contributed by atoms with E-state index in [1.807, 2.05) is 0 Å². The number of dihydropyridines is 1. The Bertz CT molecular complexity index is 409. The molecule has 2 unspecified atom stereocenters. The summed E-state index contributed by atoms with van der Waals surface area (Å²) in [6.07, 6.45) is 7.18. The fraction of sp³-hybridized carbons (Fsp3) is 0.222. The van der Waals surface area contributed by atoms with Crippen molar-refractivity contribution in [3.05, 3.63) is 33.7 Å². The van der Waals surface area contributed by atoms with Gasteiger partial charge in [-0.1, -0.05) is 17.7 Å². The van der Waals surface area contributed by atoms with E-state index in [1.165, 1.54) is 0 Å². The molecule has 0 saturated heterocycles. The molecule has 0 aromatic carbocycles. The molecule has 0 fully saturated rings. The van der Waals surface area contributed by atoms with Crippen LogP contribution in [0.15, 0.2) is 38.7 Å². The van der Waals surface area contributed by atoms with E-state index >= 15 is 0 Å². The lowest BCUT2D eigenvalue weighted by Crippen LogP contribution is -2.14. The van der Waals surface area contributed by atoms with Gasteiger partial charge in [0, 0.05) is 22.6 Å². The Morgan fingerprint density at radius 3 is 3.14 bits per heavy atom. The highest BCUT2D eigenvalue weighted by atomic mass is 35.5. The van der Waals surface area contributed by atoms with Crippen molar-refractivity contribution in [2.45, 2.75) is 12.5 Å². The summed E-state index contributed by atoms with van der Waals surface area (Å²) in [6.45, 7) is 0. The molecule has 0 bridgehead atoms. The van der Waals surface area contributed by atoms with Gasteiger partial charge in [-0.3, -0.25) is 9.20 Å². The Morgan fingerprint density at radius 2 is 2.43 bits per heavy atom. The second-order valence-electron chi connectivity index (χ2n) is 2.98. The van der Waals surface area contributed by atoms with Gasteiger partial charge in [0.15, 0.2) is 0 Å². The molecule has 1 aliphatic carbocycles. The highest BCUT2D eigenvalue weighted by Gasteiger charge is 2.18. The predicted octanol–water partition coefficient (Wildman–Crippen LogP) is 1.66. The van der Waals surface area contributed by atoms with Gasteiger partial charge in [-0.15, -0.1) is 0 Å². The summed E-state index contributed by atoms with van der Waals surface area (Å²) in [7, 11) is 0. The molecule has 5 heteroatoms. The van der Waals surface area contributed by atoms with Crippen LogP contribution in [0, 0.1) is 0 Å². The largest absolute Gasteiger partial charge is 0.768 e. The molecule has 2 atom stereocenters. The van der Waals surface area contributed by atoms with Crippen molar-refractivity contribution in [2.24, 2.45) is 4.99 Å². The zero-order valence-corrected chi connectivity index (χ0v) is 8.72. The molecule has 0 aromatic heterocycles. The maximum Gasteiger partial charge on any atom is 0.0941 e. The van der Waals surface area contributed by atoms with Crippen LogP contribution in [0.5, 0.6) is 0 Å². The van der Waals surface area contributed by atoms with Crippen LogP contribution in [0.25, 0.3) is 0 Å². The van der Waals surface area contributed by atoms with Crippen LogP contribution in [-0.4, -0.2) is 21.0 Å². The molecule has 3 nitrogen and oxygen atoms in total. The van der Waals surface area contributed by atoms with Crippen LogP contribution in [0.4, 0.5) is 0 Å². The molecule has 2 aliphatic rings.